The van der Waals surface area contributed by atoms with Crippen molar-refractivity contribution in [3.8, 4) is 0 Å². The fraction of sp³-hybridized carbons (Fsp3) is 0.263. The molecule has 2 heterocycles. The number of rotatable bonds is 4. The van der Waals surface area contributed by atoms with Crippen LogP contribution in [0.1, 0.15) is 25.0 Å². The van der Waals surface area contributed by atoms with E-state index in [9.17, 15) is 18.4 Å². The van der Waals surface area contributed by atoms with Crippen LogP contribution in [0.4, 0.5) is 14.5 Å². The summed E-state index contributed by atoms with van der Waals surface area (Å²) < 4.78 is 31.7. The third-order valence-corrected chi connectivity index (χ3v) is 4.15. The number of nitrogens with one attached hydrogen (secondary N) is 1. The van der Waals surface area contributed by atoms with E-state index >= 15 is 0 Å². The third kappa shape index (κ3) is 4.36. The molecule has 1 fully saturated rings. The predicted molar refractivity (Wildman–Crippen MR) is 92.1 cm³/mol. The Balaban J connectivity index is 1.71. The molecule has 0 radical (unpaired) electrons. The number of likely N-dealkylation sites (tertiary alicyclic amines) is 1. The van der Waals surface area contributed by atoms with Gasteiger partial charge in [0.2, 0.25) is 11.8 Å². The van der Waals surface area contributed by atoms with Crippen LogP contribution in [0.2, 0.25) is 0 Å². The molecule has 0 unspecified atom stereocenters. The van der Waals surface area contributed by atoms with Crippen LogP contribution in [0, 0.1) is 11.6 Å². The average molecular weight is 360 g/mol. The Labute approximate surface area is 149 Å². The molecule has 1 aromatic carbocycles. The second-order valence-electron chi connectivity index (χ2n) is 6.04. The molecule has 1 aromatic heterocycles. The molecular weight excluding hydrogens is 342 g/mol. The highest BCUT2D eigenvalue weighted by atomic mass is 19.1. The Bertz CT molecular complexity index is 798. The molecule has 0 aliphatic carbocycles. The molecule has 1 saturated heterocycles. The van der Waals surface area contributed by atoms with E-state index in [1.165, 1.54) is 23.3 Å². The van der Waals surface area contributed by atoms with Gasteiger partial charge in [-0.25, -0.2) is 8.78 Å². The fourth-order valence-electron chi connectivity index (χ4n) is 2.95. The van der Waals surface area contributed by atoms with Crippen LogP contribution < -0.4 is 5.32 Å². The Morgan fingerprint density at radius 2 is 1.96 bits per heavy atom. The molecule has 136 valence electrons. The van der Waals surface area contributed by atoms with Gasteiger partial charge in [-0.15, -0.1) is 0 Å². The first-order valence-corrected chi connectivity index (χ1v) is 8.32. The van der Waals surface area contributed by atoms with Crippen LogP contribution in [0.25, 0.3) is 6.08 Å². The van der Waals surface area contributed by atoms with Gasteiger partial charge in [0.15, 0.2) is 0 Å². The van der Waals surface area contributed by atoms with Crippen molar-refractivity contribution in [2.75, 3.05) is 11.9 Å². The summed E-state index contributed by atoms with van der Waals surface area (Å²) in [5.41, 5.74) is 0.0246. The highest BCUT2D eigenvalue weighted by Crippen LogP contribution is 2.21. The molecule has 1 aliphatic heterocycles. The lowest BCUT2D eigenvalue weighted by atomic mass is 10.0. The lowest BCUT2D eigenvalue weighted by Crippen LogP contribution is -2.49. The van der Waals surface area contributed by atoms with Crippen LogP contribution >= 0.6 is 0 Å². The van der Waals surface area contributed by atoms with E-state index in [0.29, 0.717) is 18.7 Å². The van der Waals surface area contributed by atoms with Crippen molar-refractivity contribution in [2.24, 2.45) is 0 Å². The molecule has 0 saturated carbocycles. The SMILES string of the molecule is O=C(Nc1cc(F)cc(F)c1)[C@H]1CCCCN1C(=O)/C=C\c1ccco1. The quantitative estimate of drug-likeness (QED) is 0.848. The Kier molecular flexibility index (Phi) is 5.46. The summed E-state index contributed by atoms with van der Waals surface area (Å²) >= 11 is 0. The van der Waals surface area contributed by atoms with Gasteiger partial charge in [-0.05, 0) is 49.6 Å². The minimum atomic E-state index is -0.779. The summed E-state index contributed by atoms with van der Waals surface area (Å²) in [7, 11) is 0. The van der Waals surface area contributed by atoms with Gasteiger partial charge < -0.3 is 14.6 Å². The first-order valence-electron chi connectivity index (χ1n) is 8.32. The highest BCUT2D eigenvalue weighted by molar-refractivity contribution is 6.00. The van der Waals surface area contributed by atoms with Gasteiger partial charge in [-0.2, -0.15) is 0 Å². The summed E-state index contributed by atoms with van der Waals surface area (Å²) in [4.78, 5) is 26.5. The van der Waals surface area contributed by atoms with Crippen molar-refractivity contribution in [1.29, 1.82) is 0 Å². The molecule has 2 aromatic rings. The molecule has 5 nitrogen and oxygen atoms in total. The maximum Gasteiger partial charge on any atom is 0.247 e. The van der Waals surface area contributed by atoms with Gasteiger partial charge in [0.05, 0.1) is 6.26 Å². The number of piperidine rings is 1. The number of amides is 2. The van der Waals surface area contributed by atoms with Gasteiger partial charge >= 0.3 is 0 Å². The first kappa shape index (κ1) is 17.8. The van der Waals surface area contributed by atoms with Crippen LogP contribution in [0.15, 0.2) is 47.1 Å². The zero-order valence-electron chi connectivity index (χ0n) is 14.0. The lowest BCUT2D eigenvalue weighted by Gasteiger charge is -2.34. The number of carbonyl (C=O) groups is 2. The molecule has 1 N–H and O–H groups in total. The molecule has 7 heteroatoms. The summed E-state index contributed by atoms with van der Waals surface area (Å²) in [6, 6.07) is 5.52. The average Bonchev–Trinajstić information content (AvgIpc) is 3.12. The van der Waals surface area contributed by atoms with Crippen LogP contribution in [0.5, 0.6) is 0 Å². The predicted octanol–water partition coefficient (Wildman–Crippen LogP) is 3.59. The number of furan rings is 1. The largest absolute Gasteiger partial charge is 0.465 e. The van der Waals surface area contributed by atoms with E-state index in [0.717, 1.165) is 31.0 Å². The number of carbonyl (C=O) groups excluding carboxylic acids is 2. The van der Waals surface area contributed by atoms with Gasteiger partial charge in [-0.3, -0.25) is 9.59 Å². The smallest absolute Gasteiger partial charge is 0.247 e. The monoisotopic (exact) mass is 360 g/mol. The van der Waals surface area contributed by atoms with E-state index in [4.69, 9.17) is 4.42 Å². The minimum absolute atomic E-state index is 0.0246. The number of halogens is 2. The Morgan fingerprint density at radius 1 is 1.19 bits per heavy atom. The van der Waals surface area contributed by atoms with Crippen molar-refractivity contribution in [1.82, 2.24) is 4.90 Å². The van der Waals surface area contributed by atoms with Crippen molar-refractivity contribution in [3.05, 3.63) is 60.1 Å². The summed E-state index contributed by atoms with van der Waals surface area (Å²) in [5.74, 6) is -1.80. The molecule has 2 amide bonds. The summed E-state index contributed by atoms with van der Waals surface area (Å²) in [5, 5.41) is 2.49. The normalized spacial score (nSPS) is 17.5. The third-order valence-electron chi connectivity index (χ3n) is 4.15. The zero-order chi connectivity index (χ0) is 18.5. The van der Waals surface area contributed by atoms with Crippen LogP contribution in [0.3, 0.4) is 0 Å². The zero-order valence-corrected chi connectivity index (χ0v) is 14.0. The second kappa shape index (κ2) is 7.95. The van der Waals surface area contributed by atoms with Crippen molar-refractivity contribution in [2.45, 2.75) is 25.3 Å². The number of hydrogen-bond acceptors (Lipinski definition) is 3. The van der Waals surface area contributed by atoms with E-state index < -0.39 is 23.6 Å². The summed E-state index contributed by atoms with van der Waals surface area (Å²) in [6.45, 7) is 0.441. The Hall–Kier alpha value is -2.96. The Morgan fingerprint density at radius 3 is 2.65 bits per heavy atom. The van der Waals surface area contributed by atoms with E-state index in [2.05, 4.69) is 5.32 Å². The van der Waals surface area contributed by atoms with Crippen molar-refractivity contribution in [3.63, 3.8) is 0 Å². The van der Waals surface area contributed by atoms with E-state index in [-0.39, 0.29) is 11.6 Å². The number of anilines is 1. The summed E-state index contributed by atoms with van der Waals surface area (Å²) in [6.07, 6.45) is 6.46. The fourth-order valence-corrected chi connectivity index (χ4v) is 2.95. The molecule has 1 atom stereocenters. The number of benzene rings is 1. The van der Waals surface area contributed by atoms with Crippen molar-refractivity contribution < 1.29 is 22.8 Å². The van der Waals surface area contributed by atoms with Gasteiger partial charge in [0.1, 0.15) is 23.4 Å². The van der Waals surface area contributed by atoms with E-state index in [1.807, 2.05) is 0 Å². The maximum absolute atomic E-state index is 13.3. The highest BCUT2D eigenvalue weighted by Gasteiger charge is 2.31. The first-order chi connectivity index (χ1) is 12.5. The van der Waals surface area contributed by atoms with E-state index in [1.54, 1.807) is 12.1 Å². The molecule has 26 heavy (non-hydrogen) atoms. The van der Waals surface area contributed by atoms with Gasteiger partial charge in [0, 0.05) is 24.4 Å². The van der Waals surface area contributed by atoms with Gasteiger partial charge in [0.25, 0.3) is 0 Å². The maximum atomic E-state index is 13.3. The minimum Gasteiger partial charge on any atom is -0.465 e. The molecular formula is C19H18F2N2O3. The molecule has 3 rings (SSSR count). The van der Waals surface area contributed by atoms with Crippen LogP contribution in [-0.2, 0) is 9.59 Å². The molecule has 1 aliphatic rings. The van der Waals surface area contributed by atoms with Crippen LogP contribution in [-0.4, -0.2) is 29.3 Å². The number of nitrogens with zero attached hydrogens (tertiary/aromatic N) is 1. The topological polar surface area (TPSA) is 62.6 Å². The standard InChI is InChI=1S/C19H18F2N2O3/c20-13-10-14(21)12-15(11-13)22-19(25)17-5-1-2-8-23(17)18(24)7-6-16-4-3-9-26-16/h3-4,6-7,9-12,17H,1-2,5,8H2,(H,22,25)/b7-6-/t17-/m1/s1. The molecule has 0 spiro atoms. The lowest BCUT2D eigenvalue weighted by molar-refractivity contribution is -0.136. The molecule has 0 bridgehead atoms. The second-order valence-corrected chi connectivity index (χ2v) is 6.04. The van der Waals surface area contributed by atoms with Gasteiger partial charge in [-0.1, -0.05) is 0 Å². The van der Waals surface area contributed by atoms with Crippen molar-refractivity contribution >= 4 is 23.6 Å². The number of hydrogen-bond donors (Lipinski definition) is 1.